The number of carbonyl (C=O) groups is 1. The molecule has 2 rings (SSSR count). The maximum Gasteiger partial charge on any atom is 1.00 e. The Morgan fingerprint density at radius 3 is 1.95 bits per heavy atom. The first-order valence-electron chi connectivity index (χ1n) is 5.82. The predicted molar refractivity (Wildman–Crippen MR) is 91.4 cm³/mol. The molecule has 0 aliphatic rings. The minimum atomic E-state index is -0.430. The quantitative estimate of drug-likeness (QED) is 0.427. The number of hydrogen-bond acceptors (Lipinski definition) is 4. The molecule has 0 saturated carbocycles. The maximum atomic E-state index is 10.7. The minimum Gasteiger partial charge on any atom is -1.00 e. The van der Waals surface area contributed by atoms with E-state index in [2.05, 4.69) is 41.8 Å². The van der Waals surface area contributed by atoms with Gasteiger partial charge >= 0.3 is 29.6 Å². The molecule has 0 bridgehead atoms. The van der Waals surface area contributed by atoms with Crippen molar-refractivity contribution in [2.75, 3.05) is 0 Å². The third-order valence-corrected chi connectivity index (χ3v) is 3.30. The number of hydrogen-bond donors (Lipinski definition) is 1. The van der Waals surface area contributed by atoms with Crippen LogP contribution in [0, 0.1) is 0 Å². The monoisotopic (exact) mass is 435 g/mol. The summed E-state index contributed by atoms with van der Waals surface area (Å²) in [5.41, 5.74) is 1.48. The van der Waals surface area contributed by atoms with Crippen molar-refractivity contribution in [3.8, 4) is 0 Å². The van der Waals surface area contributed by atoms with Gasteiger partial charge < -0.3 is 6.53 Å². The number of aliphatic hydroxyl groups excluding tert-OH is 1. The Bertz CT molecular complexity index is 572. The molecule has 0 fully saturated rings. The van der Waals surface area contributed by atoms with Crippen molar-refractivity contribution in [2.45, 2.75) is 20.0 Å². The van der Waals surface area contributed by atoms with Gasteiger partial charge in [-0.05, 0) is 69.5 Å². The van der Waals surface area contributed by atoms with Gasteiger partial charge in [0.2, 0.25) is 0 Å². The molecular weight excluding hydrogens is 422 g/mol. The second-order valence-electron chi connectivity index (χ2n) is 4.02. The van der Waals surface area contributed by atoms with Crippen LogP contribution in [-0.4, -0.2) is 29.3 Å². The topological polar surface area (TPSA) is 63.1 Å². The molecule has 2 aromatic rings. The molecule has 1 unspecified atom stereocenters. The number of nitrogens with zero attached hydrogens (tertiary/aromatic N) is 2. The standard InChI is InChI=1S/C7H8BrNO.C7H6BrNO.B.Na.H/c2*1-5(10)6-2-3-7(8)9-4-6;;;/h2-5,10H,1H3;2-4H,1H3;;;/q;;;+1;-1. The van der Waals surface area contributed by atoms with Gasteiger partial charge in [0.25, 0.3) is 0 Å². The third-order valence-electron chi connectivity index (χ3n) is 2.37. The largest absolute Gasteiger partial charge is 1.00 e. The number of aromatic nitrogens is 2. The van der Waals surface area contributed by atoms with Crippen LogP contribution in [0.5, 0.6) is 0 Å². The van der Waals surface area contributed by atoms with E-state index in [0.717, 1.165) is 14.8 Å². The third kappa shape index (κ3) is 9.17. The van der Waals surface area contributed by atoms with Crippen LogP contribution >= 0.6 is 31.9 Å². The second kappa shape index (κ2) is 12.4. The van der Waals surface area contributed by atoms with Crippen molar-refractivity contribution in [1.29, 1.82) is 0 Å². The van der Waals surface area contributed by atoms with Crippen LogP contribution in [0.2, 0.25) is 0 Å². The van der Waals surface area contributed by atoms with Gasteiger partial charge in [0.1, 0.15) is 9.21 Å². The van der Waals surface area contributed by atoms with Crippen molar-refractivity contribution in [2.24, 2.45) is 0 Å². The van der Waals surface area contributed by atoms with Gasteiger partial charge in [-0.3, -0.25) is 4.79 Å². The van der Waals surface area contributed by atoms with E-state index in [0.29, 0.717) is 5.56 Å². The molecule has 0 amide bonds. The van der Waals surface area contributed by atoms with Crippen molar-refractivity contribution in [3.63, 3.8) is 0 Å². The van der Waals surface area contributed by atoms with E-state index in [4.69, 9.17) is 5.11 Å². The summed E-state index contributed by atoms with van der Waals surface area (Å²) in [6.45, 7) is 3.23. The Morgan fingerprint density at radius 1 is 1.14 bits per heavy atom. The maximum absolute atomic E-state index is 10.7. The molecule has 1 atom stereocenters. The summed E-state index contributed by atoms with van der Waals surface area (Å²) in [7, 11) is 0. The van der Waals surface area contributed by atoms with Crippen LogP contribution in [-0.2, 0) is 0 Å². The first-order chi connectivity index (χ1) is 9.40. The van der Waals surface area contributed by atoms with Crippen molar-refractivity contribution >= 4 is 46.1 Å². The number of carbonyl (C=O) groups excluding carboxylic acids is 1. The van der Waals surface area contributed by atoms with Crippen LogP contribution in [0.4, 0.5) is 0 Å². The summed E-state index contributed by atoms with van der Waals surface area (Å²) < 4.78 is 1.54. The second-order valence-corrected chi connectivity index (χ2v) is 5.64. The Balaban J connectivity index is -0.000000308. The summed E-state index contributed by atoms with van der Waals surface area (Å²) in [5.74, 6) is 0.0417. The number of Topliss-reactive ketones (excluding diaryl/α,β-unsaturated/α-hetero) is 1. The molecule has 3 radical (unpaired) electrons. The van der Waals surface area contributed by atoms with Gasteiger partial charge in [0.15, 0.2) is 5.78 Å². The SMILES string of the molecule is CC(=O)c1ccc(Br)nc1.CC(O)c1ccc(Br)nc1.[B].[H-].[Na+]. The summed E-state index contributed by atoms with van der Waals surface area (Å²) in [4.78, 5) is 18.6. The molecule has 8 heteroatoms. The normalized spacial score (nSPS) is 10.2. The van der Waals surface area contributed by atoms with Gasteiger partial charge in [-0.15, -0.1) is 0 Å². The van der Waals surface area contributed by atoms with E-state index in [9.17, 15) is 4.79 Å². The fraction of sp³-hybridized carbons (Fsp3) is 0.214. The van der Waals surface area contributed by atoms with Crippen molar-refractivity contribution in [1.82, 2.24) is 9.97 Å². The molecule has 1 N–H and O–H groups in total. The Hall–Kier alpha value is -0.0451. The van der Waals surface area contributed by atoms with Crippen LogP contribution < -0.4 is 29.6 Å². The molecule has 4 nitrogen and oxygen atoms in total. The van der Waals surface area contributed by atoms with Crippen LogP contribution in [0.1, 0.15) is 37.3 Å². The zero-order valence-corrected chi connectivity index (χ0v) is 17.8. The minimum absolute atomic E-state index is 0. The van der Waals surface area contributed by atoms with E-state index >= 15 is 0 Å². The molecule has 0 spiro atoms. The molecule has 2 heterocycles. The van der Waals surface area contributed by atoms with E-state index in [1.807, 2.05) is 12.1 Å². The van der Waals surface area contributed by atoms with E-state index in [1.165, 1.54) is 6.92 Å². The first kappa shape index (κ1) is 24.2. The number of rotatable bonds is 2. The van der Waals surface area contributed by atoms with Gasteiger partial charge in [0.05, 0.1) is 6.10 Å². The smallest absolute Gasteiger partial charge is 1.00 e. The van der Waals surface area contributed by atoms with E-state index in [1.54, 1.807) is 31.5 Å². The zero-order chi connectivity index (χ0) is 15.1. The fourth-order valence-corrected chi connectivity index (χ4v) is 1.69. The summed E-state index contributed by atoms with van der Waals surface area (Å²) in [6.07, 6.45) is 2.77. The molecule has 111 valence electrons. The average molecular weight is 437 g/mol. The zero-order valence-electron chi connectivity index (χ0n) is 13.6. The van der Waals surface area contributed by atoms with Gasteiger partial charge in [-0.1, -0.05) is 6.07 Å². The number of pyridine rings is 2. The predicted octanol–water partition coefficient (Wildman–Crippen LogP) is 0.680. The van der Waals surface area contributed by atoms with E-state index < -0.39 is 6.10 Å². The van der Waals surface area contributed by atoms with Gasteiger partial charge in [-0.2, -0.15) is 0 Å². The molecule has 22 heavy (non-hydrogen) atoms. The molecule has 2 aromatic heterocycles. The summed E-state index contributed by atoms with van der Waals surface area (Å²) in [6, 6.07) is 7.12. The van der Waals surface area contributed by atoms with Crippen molar-refractivity contribution < 1.29 is 40.9 Å². The Kier molecular flexibility index (Phi) is 13.6. The number of aliphatic hydroxyl groups is 1. The average Bonchev–Trinajstić information content (AvgIpc) is 2.40. The summed E-state index contributed by atoms with van der Waals surface area (Å²) in [5, 5.41) is 9.06. The Morgan fingerprint density at radius 2 is 1.64 bits per heavy atom. The van der Waals surface area contributed by atoms with Crippen molar-refractivity contribution in [3.05, 3.63) is 57.0 Å². The van der Waals surface area contributed by atoms with Crippen LogP contribution in [0.15, 0.2) is 45.9 Å². The molecule has 0 aliphatic heterocycles. The van der Waals surface area contributed by atoms with E-state index in [-0.39, 0.29) is 45.2 Å². The van der Waals surface area contributed by atoms with Crippen LogP contribution in [0.25, 0.3) is 0 Å². The molecule has 0 saturated heterocycles. The fourth-order valence-electron chi connectivity index (χ4n) is 1.22. The molecular formula is C14H15BBr2N2NaO2. The molecule has 0 aliphatic carbocycles. The molecule has 0 aromatic carbocycles. The summed E-state index contributed by atoms with van der Waals surface area (Å²) >= 11 is 6.37. The number of ketones is 1. The van der Waals surface area contributed by atoms with Crippen LogP contribution in [0.3, 0.4) is 0 Å². The first-order valence-corrected chi connectivity index (χ1v) is 7.40. The van der Waals surface area contributed by atoms with Gasteiger partial charge in [-0.25, -0.2) is 9.97 Å². The van der Waals surface area contributed by atoms with Gasteiger partial charge in [0, 0.05) is 26.4 Å². The number of halogens is 2. The Labute approximate surface area is 172 Å².